The summed E-state index contributed by atoms with van der Waals surface area (Å²) in [4.78, 5) is 4.26. The van der Waals surface area contributed by atoms with Gasteiger partial charge in [-0.1, -0.05) is 18.9 Å². The molecule has 1 aromatic carbocycles. The number of benzene rings is 1. The van der Waals surface area contributed by atoms with Crippen molar-refractivity contribution in [2.75, 3.05) is 6.61 Å². The minimum Gasteiger partial charge on any atom is -0.492 e. The van der Waals surface area contributed by atoms with E-state index in [4.69, 9.17) is 9.84 Å². The number of hydrogen-bond acceptors (Lipinski definition) is 5. The van der Waals surface area contributed by atoms with Crippen molar-refractivity contribution >= 4 is 10.0 Å². The van der Waals surface area contributed by atoms with Gasteiger partial charge in [-0.3, -0.25) is 9.67 Å². The number of ether oxygens (including phenoxy) is 1. The second kappa shape index (κ2) is 9.20. The standard InChI is InChI=1S/C23H28N4O3S/c1-3-30-22-9-8-17(2)14-23(22)31(28,29)25-16-19-15-21(18-10-12-24-13-11-18)27(26-19)20-6-4-5-7-20/h8-15,20,25H,3-7,16H2,1-2H3. The van der Waals surface area contributed by atoms with Gasteiger partial charge in [0, 0.05) is 18.0 Å². The molecule has 0 spiro atoms. The van der Waals surface area contributed by atoms with Gasteiger partial charge in [-0.15, -0.1) is 0 Å². The molecule has 1 fully saturated rings. The number of hydrogen-bond donors (Lipinski definition) is 1. The minimum atomic E-state index is -3.76. The average molecular weight is 441 g/mol. The summed E-state index contributed by atoms with van der Waals surface area (Å²) >= 11 is 0. The zero-order valence-corrected chi connectivity index (χ0v) is 18.7. The quantitative estimate of drug-likeness (QED) is 0.566. The van der Waals surface area contributed by atoms with Crippen LogP contribution in [0.15, 0.2) is 53.7 Å². The maximum absolute atomic E-state index is 13.0. The normalized spacial score (nSPS) is 14.8. The molecule has 1 aliphatic rings. The molecule has 7 nitrogen and oxygen atoms in total. The van der Waals surface area contributed by atoms with Crippen molar-refractivity contribution < 1.29 is 13.2 Å². The zero-order valence-electron chi connectivity index (χ0n) is 17.9. The van der Waals surface area contributed by atoms with Crippen LogP contribution in [0.5, 0.6) is 5.75 Å². The molecular formula is C23H28N4O3S. The third kappa shape index (κ3) is 4.80. The Kier molecular flexibility index (Phi) is 6.38. The molecule has 0 atom stereocenters. The Morgan fingerprint density at radius 2 is 1.87 bits per heavy atom. The average Bonchev–Trinajstić information content (AvgIpc) is 3.44. The summed E-state index contributed by atoms with van der Waals surface area (Å²) in [6, 6.07) is 11.4. The van der Waals surface area contributed by atoms with Crippen molar-refractivity contribution in [3.8, 4) is 17.0 Å². The third-order valence-corrected chi connectivity index (χ3v) is 6.99. The first-order valence-electron chi connectivity index (χ1n) is 10.7. The fraction of sp³-hybridized carbons (Fsp3) is 0.391. The Hall–Kier alpha value is -2.71. The lowest BCUT2D eigenvalue weighted by Crippen LogP contribution is -2.24. The van der Waals surface area contributed by atoms with Crippen LogP contribution < -0.4 is 9.46 Å². The van der Waals surface area contributed by atoms with Gasteiger partial charge in [0.1, 0.15) is 10.6 Å². The number of aryl methyl sites for hydroxylation is 1. The molecule has 1 aliphatic carbocycles. The molecule has 1 saturated carbocycles. The van der Waals surface area contributed by atoms with Crippen molar-refractivity contribution in [1.82, 2.24) is 19.5 Å². The monoisotopic (exact) mass is 440 g/mol. The Morgan fingerprint density at radius 3 is 2.58 bits per heavy atom. The molecule has 2 heterocycles. The first-order valence-corrected chi connectivity index (χ1v) is 12.2. The molecule has 3 aromatic rings. The van der Waals surface area contributed by atoms with E-state index < -0.39 is 10.0 Å². The maximum Gasteiger partial charge on any atom is 0.244 e. The SMILES string of the molecule is CCOc1ccc(C)cc1S(=O)(=O)NCc1cc(-c2ccncc2)n(C2CCCC2)n1. The van der Waals surface area contributed by atoms with Gasteiger partial charge in [-0.25, -0.2) is 13.1 Å². The van der Waals surface area contributed by atoms with Crippen LogP contribution in [-0.4, -0.2) is 29.8 Å². The number of rotatable bonds is 8. The van der Waals surface area contributed by atoms with Crippen molar-refractivity contribution in [2.24, 2.45) is 0 Å². The molecule has 4 rings (SSSR count). The van der Waals surface area contributed by atoms with Gasteiger partial charge in [0.05, 0.1) is 30.6 Å². The largest absolute Gasteiger partial charge is 0.492 e. The van der Waals surface area contributed by atoms with E-state index in [1.165, 1.54) is 12.8 Å². The fourth-order valence-electron chi connectivity index (χ4n) is 4.04. The summed E-state index contributed by atoms with van der Waals surface area (Å²) in [5.74, 6) is 0.356. The number of nitrogens with one attached hydrogen (secondary N) is 1. The van der Waals surface area contributed by atoms with Crippen LogP contribution in [0.2, 0.25) is 0 Å². The molecule has 31 heavy (non-hydrogen) atoms. The van der Waals surface area contributed by atoms with Crippen LogP contribution in [0, 0.1) is 6.92 Å². The highest BCUT2D eigenvalue weighted by molar-refractivity contribution is 7.89. The molecule has 164 valence electrons. The highest BCUT2D eigenvalue weighted by atomic mass is 32.2. The van der Waals surface area contributed by atoms with Crippen LogP contribution in [0.1, 0.15) is 49.9 Å². The van der Waals surface area contributed by atoms with E-state index in [2.05, 4.69) is 14.4 Å². The summed E-state index contributed by atoms with van der Waals surface area (Å²) in [6.07, 6.45) is 8.08. The number of nitrogens with zero attached hydrogens (tertiary/aromatic N) is 3. The van der Waals surface area contributed by atoms with E-state index in [0.717, 1.165) is 29.7 Å². The fourth-order valence-corrected chi connectivity index (χ4v) is 5.27. The lowest BCUT2D eigenvalue weighted by atomic mass is 10.1. The first-order chi connectivity index (χ1) is 15.0. The van der Waals surface area contributed by atoms with Gasteiger partial charge in [-0.05, 0) is 62.6 Å². The predicted molar refractivity (Wildman–Crippen MR) is 119 cm³/mol. The number of pyridine rings is 1. The van der Waals surface area contributed by atoms with E-state index in [-0.39, 0.29) is 11.4 Å². The van der Waals surface area contributed by atoms with Crippen LogP contribution in [-0.2, 0) is 16.6 Å². The number of sulfonamides is 1. The summed E-state index contributed by atoms with van der Waals surface area (Å²) in [5, 5.41) is 4.78. The molecule has 8 heteroatoms. The van der Waals surface area contributed by atoms with Crippen LogP contribution in [0.25, 0.3) is 11.3 Å². The van der Waals surface area contributed by atoms with E-state index in [1.54, 1.807) is 24.5 Å². The summed E-state index contributed by atoms with van der Waals surface area (Å²) in [5.41, 5.74) is 3.57. The molecule has 0 saturated heterocycles. The van der Waals surface area contributed by atoms with Crippen LogP contribution >= 0.6 is 0 Å². The maximum atomic E-state index is 13.0. The van der Waals surface area contributed by atoms with Gasteiger partial charge < -0.3 is 4.74 Å². The van der Waals surface area contributed by atoms with Crippen molar-refractivity contribution in [3.05, 3.63) is 60.0 Å². The molecule has 0 amide bonds. The molecule has 0 aliphatic heterocycles. The molecule has 1 N–H and O–H groups in total. The Labute approximate surface area is 183 Å². The number of aromatic nitrogens is 3. The predicted octanol–water partition coefficient (Wildman–Crippen LogP) is 4.25. The molecular weight excluding hydrogens is 412 g/mol. The van der Waals surface area contributed by atoms with Crippen molar-refractivity contribution in [3.63, 3.8) is 0 Å². The smallest absolute Gasteiger partial charge is 0.244 e. The Bertz CT molecular complexity index is 1140. The topological polar surface area (TPSA) is 86.1 Å². The molecule has 2 aromatic heterocycles. The van der Waals surface area contributed by atoms with E-state index in [9.17, 15) is 8.42 Å². The van der Waals surface area contributed by atoms with Crippen LogP contribution in [0.3, 0.4) is 0 Å². The van der Waals surface area contributed by atoms with Crippen molar-refractivity contribution in [1.29, 1.82) is 0 Å². The Morgan fingerprint density at radius 1 is 1.13 bits per heavy atom. The summed E-state index contributed by atoms with van der Waals surface area (Å²) in [6.45, 7) is 4.20. The van der Waals surface area contributed by atoms with Gasteiger partial charge in [0.2, 0.25) is 10.0 Å². The highest BCUT2D eigenvalue weighted by Gasteiger charge is 2.24. The molecule has 0 unspecified atom stereocenters. The van der Waals surface area contributed by atoms with Crippen molar-refractivity contribution in [2.45, 2.75) is 57.0 Å². The van der Waals surface area contributed by atoms with Gasteiger partial charge >= 0.3 is 0 Å². The Balaban J connectivity index is 1.61. The third-order valence-electron chi connectivity index (χ3n) is 5.56. The van der Waals surface area contributed by atoms with Gasteiger partial charge in [0.25, 0.3) is 0 Å². The minimum absolute atomic E-state index is 0.111. The lowest BCUT2D eigenvalue weighted by molar-refractivity contribution is 0.331. The second-order valence-corrected chi connectivity index (χ2v) is 9.58. The van der Waals surface area contributed by atoms with Gasteiger partial charge in [-0.2, -0.15) is 5.10 Å². The van der Waals surface area contributed by atoms with Crippen LogP contribution in [0.4, 0.5) is 0 Å². The molecule has 0 radical (unpaired) electrons. The summed E-state index contributed by atoms with van der Waals surface area (Å²) in [7, 11) is -3.76. The first kappa shape index (κ1) is 21.5. The van der Waals surface area contributed by atoms with Gasteiger partial charge in [0.15, 0.2) is 0 Å². The lowest BCUT2D eigenvalue weighted by Gasteiger charge is -2.14. The molecule has 0 bridgehead atoms. The zero-order chi connectivity index (χ0) is 21.8. The summed E-state index contributed by atoms with van der Waals surface area (Å²) < 4.78 is 36.4. The van der Waals surface area contributed by atoms with E-state index in [1.807, 2.05) is 38.1 Å². The second-order valence-electron chi connectivity index (χ2n) is 7.85. The van der Waals surface area contributed by atoms with E-state index >= 15 is 0 Å². The van der Waals surface area contributed by atoms with E-state index in [0.29, 0.717) is 24.1 Å². The highest BCUT2D eigenvalue weighted by Crippen LogP contribution is 2.33.